The molecule has 2 heterocycles. The van der Waals surface area contributed by atoms with Gasteiger partial charge in [-0.15, -0.1) is 0 Å². The van der Waals surface area contributed by atoms with Crippen molar-refractivity contribution >= 4 is 29.1 Å². The Morgan fingerprint density at radius 1 is 1.39 bits per heavy atom. The van der Waals surface area contributed by atoms with E-state index in [9.17, 15) is 0 Å². The molecule has 0 radical (unpaired) electrons. The Kier molecular flexibility index (Phi) is 3.66. The van der Waals surface area contributed by atoms with E-state index in [1.54, 1.807) is 19.4 Å². The van der Waals surface area contributed by atoms with Gasteiger partial charge in [0.05, 0.1) is 23.8 Å². The van der Waals surface area contributed by atoms with Crippen molar-refractivity contribution in [3.05, 3.63) is 23.1 Å². The van der Waals surface area contributed by atoms with Gasteiger partial charge in [-0.05, 0) is 13.8 Å². The number of rotatable bonds is 4. The molecule has 0 amide bonds. The Balaban J connectivity index is 2.25. The van der Waals surface area contributed by atoms with Gasteiger partial charge >= 0.3 is 0 Å². The SMILES string of the molecule is CCn1ncc(Nc2ncc(Cl)c(NC)n2)c1C. The summed E-state index contributed by atoms with van der Waals surface area (Å²) >= 11 is 5.93. The van der Waals surface area contributed by atoms with Crippen LogP contribution in [-0.2, 0) is 6.54 Å². The zero-order valence-electron chi connectivity index (χ0n) is 10.5. The summed E-state index contributed by atoms with van der Waals surface area (Å²) in [4.78, 5) is 8.39. The van der Waals surface area contributed by atoms with Crippen LogP contribution < -0.4 is 10.6 Å². The summed E-state index contributed by atoms with van der Waals surface area (Å²) in [5.41, 5.74) is 1.93. The fraction of sp³-hybridized carbons (Fsp3) is 0.364. The maximum absolute atomic E-state index is 5.93. The smallest absolute Gasteiger partial charge is 0.229 e. The predicted octanol–water partition coefficient (Wildman–Crippen LogP) is 2.44. The van der Waals surface area contributed by atoms with E-state index in [1.165, 1.54) is 0 Å². The van der Waals surface area contributed by atoms with E-state index in [0.29, 0.717) is 16.8 Å². The zero-order chi connectivity index (χ0) is 13.1. The minimum absolute atomic E-state index is 0.488. The molecule has 6 nitrogen and oxygen atoms in total. The molecular formula is C11H15ClN6. The van der Waals surface area contributed by atoms with Crippen LogP contribution in [0.5, 0.6) is 0 Å². The summed E-state index contributed by atoms with van der Waals surface area (Å²) in [6, 6.07) is 0. The van der Waals surface area contributed by atoms with Gasteiger partial charge in [0.1, 0.15) is 10.8 Å². The van der Waals surface area contributed by atoms with Crippen LogP contribution in [-0.4, -0.2) is 26.8 Å². The van der Waals surface area contributed by atoms with Crippen molar-refractivity contribution < 1.29 is 0 Å². The Labute approximate surface area is 110 Å². The number of hydrogen-bond donors (Lipinski definition) is 2. The van der Waals surface area contributed by atoms with E-state index >= 15 is 0 Å². The average molecular weight is 267 g/mol. The highest BCUT2D eigenvalue weighted by Crippen LogP contribution is 2.22. The lowest BCUT2D eigenvalue weighted by atomic mass is 10.4. The van der Waals surface area contributed by atoms with Crippen LogP contribution in [0, 0.1) is 6.92 Å². The van der Waals surface area contributed by atoms with Crippen molar-refractivity contribution in [2.24, 2.45) is 0 Å². The van der Waals surface area contributed by atoms with Crippen molar-refractivity contribution in [3.63, 3.8) is 0 Å². The molecule has 0 spiro atoms. The van der Waals surface area contributed by atoms with Gasteiger partial charge < -0.3 is 10.6 Å². The quantitative estimate of drug-likeness (QED) is 0.890. The number of aromatic nitrogens is 4. The van der Waals surface area contributed by atoms with Gasteiger partial charge in [-0.1, -0.05) is 11.6 Å². The van der Waals surface area contributed by atoms with Gasteiger partial charge in [0, 0.05) is 13.6 Å². The molecule has 2 N–H and O–H groups in total. The third-order valence-electron chi connectivity index (χ3n) is 2.63. The second kappa shape index (κ2) is 5.22. The molecule has 2 rings (SSSR count). The second-order valence-corrected chi connectivity index (χ2v) is 4.13. The summed E-state index contributed by atoms with van der Waals surface area (Å²) < 4.78 is 1.90. The first-order chi connectivity index (χ1) is 8.65. The Hall–Kier alpha value is -1.82. The normalized spacial score (nSPS) is 10.4. The third kappa shape index (κ3) is 2.38. The molecule has 0 saturated heterocycles. The highest BCUT2D eigenvalue weighted by atomic mass is 35.5. The summed E-state index contributed by atoms with van der Waals surface area (Å²) in [5, 5.41) is 10.8. The van der Waals surface area contributed by atoms with Gasteiger partial charge in [-0.25, -0.2) is 4.98 Å². The van der Waals surface area contributed by atoms with E-state index in [4.69, 9.17) is 11.6 Å². The van der Waals surface area contributed by atoms with Gasteiger partial charge in [-0.2, -0.15) is 10.1 Å². The van der Waals surface area contributed by atoms with Crippen molar-refractivity contribution in [3.8, 4) is 0 Å². The van der Waals surface area contributed by atoms with E-state index in [1.807, 2.05) is 18.5 Å². The van der Waals surface area contributed by atoms with Gasteiger partial charge in [-0.3, -0.25) is 4.68 Å². The van der Waals surface area contributed by atoms with Crippen LogP contribution in [0.3, 0.4) is 0 Å². The largest absolute Gasteiger partial charge is 0.372 e. The first kappa shape index (κ1) is 12.6. The lowest BCUT2D eigenvalue weighted by molar-refractivity contribution is 0.640. The molecule has 0 aliphatic rings. The molecule has 2 aromatic rings. The minimum Gasteiger partial charge on any atom is -0.372 e. The maximum atomic E-state index is 5.93. The molecule has 2 aromatic heterocycles. The maximum Gasteiger partial charge on any atom is 0.229 e. The van der Waals surface area contributed by atoms with Crippen LogP contribution in [0.25, 0.3) is 0 Å². The molecule has 7 heteroatoms. The van der Waals surface area contributed by atoms with Crippen LogP contribution in [0.1, 0.15) is 12.6 Å². The standard InChI is InChI=1S/C11H15ClN6/c1-4-18-7(2)9(6-15-18)16-11-14-5-8(12)10(13-3)17-11/h5-6H,4H2,1-3H3,(H2,13,14,16,17). The van der Waals surface area contributed by atoms with E-state index in [0.717, 1.165) is 17.9 Å². The van der Waals surface area contributed by atoms with Crippen molar-refractivity contribution in [2.75, 3.05) is 17.7 Å². The summed E-state index contributed by atoms with van der Waals surface area (Å²) in [6.45, 7) is 4.87. The molecular weight excluding hydrogens is 252 g/mol. The van der Waals surface area contributed by atoms with Gasteiger partial charge in [0.2, 0.25) is 5.95 Å². The molecule has 0 unspecified atom stereocenters. The predicted molar refractivity (Wildman–Crippen MR) is 72.5 cm³/mol. The van der Waals surface area contributed by atoms with E-state index in [-0.39, 0.29) is 0 Å². The molecule has 0 aliphatic heterocycles. The van der Waals surface area contributed by atoms with Crippen LogP contribution in [0.2, 0.25) is 5.02 Å². The van der Waals surface area contributed by atoms with Gasteiger partial charge in [0.15, 0.2) is 0 Å². The average Bonchev–Trinajstić information content (AvgIpc) is 2.73. The molecule has 96 valence electrons. The number of nitrogens with one attached hydrogen (secondary N) is 2. The number of aryl methyl sites for hydroxylation is 1. The Bertz CT molecular complexity index is 550. The van der Waals surface area contributed by atoms with Crippen molar-refractivity contribution in [1.29, 1.82) is 0 Å². The minimum atomic E-state index is 0.488. The first-order valence-corrected chi connectivity index (χ1v) is 6.03. The number of halogens is 1. The monoisotopic (exact) mass is 266 g/mol. The lowest BCUT2D eigenvalue weighted by Gasteiger charge is -2.07. The van der Waals surface area contributed by atoms with Crippen molar-refractivity contribution in [2.45, 2.75) is 20.4 Å². The van der Waals surface area contributed by atoms with Gasteiger partial charge in [0.25, 0.3) is 0 Å². The van der Waals surface area contributed by atoms with Crippen LogP contribution in [0.15, 0.2) is 12.4 Å². The Morgan fingerprint density at radius 2 is 2.17 bits per heavy atom. The van der Waals surface area contributed by atoms with Crippen molar-refractivity contribution in [1.82, 2.24) is 19.7 Å². The van der Waals surface area contributed by atoms with Crippen LogP contribution >= 0.6 is 11.6 Å². The molecule has 18 heavy (non-hydrogen) atoms. The topological polar surface area (TPSA) is 67.7 Å². The van der Waals surface area contributed by atoms with E-state index < -0.39 is 0 Å². The second-order valence-electron chi connectivity index (χ2n) is 3.72. The zero-order valence-corrected chi connectivity index (χ0v) is 11.3. The summed E-state index contributed by atoms with van der Waals surface area (Å²) in [7, 11) is 1.76. The fourth-order valence-electron chi connectivity index (χ4n) is 1.61. The molecule has 0 aliphatic carbocycles. The Morgan fingerprint density at radius 3 is 2.78 bits per heavy atom. The number of hydrogen-bond acceptors (Lipinski definition) is 5. The molecule has 0 aromatic carbocycles. The number of nitrogens with zero attached hydrogens (tertiary/aromatic N) is 4. The third-order valence-corrected chi connectivity index (χ3v) is 2.91. The highest BCUT2D eigenvalue weighted by molar-refractivity contribution is 6.32. The highest BCUT2D eigenvalue weighted by Gasteiger charge is 2.08. The number of anilines is 3. The molecule has 0 bridgehead atoms. The summed E-state index contributed by atoms with van der Waals surface area (Å²) in [6.07, 6.45) is 3.32. The molecule has 0 saturated carbocycles. The lowest BCUT2D eigenvalue weighted by Crippen LogP contribution is -2.03. The fourth-order valence-corrected chi connectivity index (χ4v) is 1.80. The van der Waals surface area contributed by atoms with E-state index in [2.05, 4.69) is 25.7 Å². The first-order valence-electron chi connectivity index (χ1n) is 5.65. The summed E-state index contributed by atoms with van der Waals surface area (Å²) in [5.74, 6) is 1.08. The van der Waals surface area contributed by atoms with Crippen LogP contribution in [0.4, 0.5) is 17.5 Å². The molecule has 0 fully saturated rings. The molecule has 0 atom stereocenters.